The second-order valence-corrected chi connectivity index (χ2v) is 7.89. The van der Waals surface area contributed by atoms with Crippen molar-refractivity contribution in [1.82, 2.24) is 19.5 Å². The molecule has 0 unspecified atom stereocenters. The van der Waals surface area contributed by atoms with Crippen LogP contribution in [0.3, 0.4) is 0 Å². The lowest BCUT2D eigenvalue weighted by atomic mass is 9.89. The number of benzene rings is 1. The number of nitrogens with zero attached hydrogens (tertiary/aromatic N) is 5. The van der Waals surface area contributed by atoms with Gasteiger partial charge >= 0.3 is 6.01 Å². The zero-order chi connectivity index (χ0) is 22.5. The molecule has 0 saturated heterocycles. The number of amides is 1. The lowest BCUT2D eigenvalue weighted by Gasteiger charge is -2.20. The smallest absolute Gasteiger partial charge is 0.304 e. The first kappa shape index (κ1) is 21.6. The minimum Gasteiger partial charge on any atom is -0.458 e. The van der Waals surface area contributed by atoms with Crippen molar-refractivity contribution in [3.05, 3.63) is 48.2 Å². The number of hydrazine groups is 1. The molecule has 10 nitrogen and oxygen atoms in total. The van der Waals surface area contributed by atoms with E-state index in [0.29, 0.717) is 17.0 Å². The van der Waals surface area contributed by atoms with Crippen molar-refractivity contribution in [1.29, 1.82) is 0 Å². The summed E-state index contributed by atoms with van der Waals surface area (Å²) in [7, 11) is 1.63. The fraction of sp³-hybridized carbons (Fsp3) is 0.364. The maximum atomic E-state index is 12.5. The van der Waals surface area contributed by atoms with E-state index in [0.717, 1.165) is 31.2 Å². The number of ether oxygens (including phenoxy) is 1. The number of pyridine rings is 1. The fourth-order valence-corrected chi connectivity index (χ4v) is 3.96. The van der Waals surface area contributed by atoms with E-state index in [1.54, 1.807) is 17.7 Å². The molecule has 0 atom stereocenters. The number of imidazole rings is 1. The Morgan fingerprint density at radius 2 is 1.97 bits per heavy atom. The Balaban J connectivity index is 1.51. The molecule has 2 heterocycles. The number of para-hydroxylation sites is 2. The van der Waals surface area contributed by atoms with Gasteiger partial charge in [0.15, 0.2) is 0 Å². The molecule has 168 valence electrons. The number of carbonyl (C=O) groups is 1. The number of nitrogens with one attached hydrogen (secondary N) is 1. The van der Waals surface area contributed by atoms with Crippen molar-refractivity contribution < 1.29 is 9.53 Å². The highest BCUT2D eigenvalue weighted by Crippen LogP contribution is 2.25. The molecule has 1 amide bonds. The number of fused-ring (bicyclic) bond motifs is 1. The molecule has 0 bridgehead atoms. The summed E-state index contributed by atoms with van der Waals surface area (Å²) in [5.74, 6) is 12.4. The highest BCUT2D eigenvalue weighted by atomic mass is 16.5. The Labute approximate surface area is 186 Å². The molecule has 10 heteroatoms. The van der Waals surface area contributed by atoms with Crippen molar-refractivity contribution in [2.75, 3.05) is 12.4 Å². The zero-order valence-corrected chi connectivity index (χ0v) is 18.1. The summed E-state index contributed by atoms with van der Waals surface area (Å²) in [6.07, 6.45) is 5.28. The number of carbonyl (C=O) groups excluding carboxylic acids is 1. The number of nitrogens with two attached hydrogens (primary N) is 2. The molecule has 0 radical (unpaired) electrons. The first-order valence-electron chi connectivity index (χ1n) is 10.7. The van der Waals surface area contributed by atoms with E-state index < -0.39 is 0 Å². The number of rotatable bonds is 5. The van der Waals surface area contributed by atoms with E-state index >= 15 is 0 Å². The lowest BCUT2D eigenvalue weighted by Crippen LogP contribution is -2.39. The summed E-state index contributed by atoms with van der Waals surface area (Å²) in [4.78, 5) is 21.6. The molecule has 3 aromatic rings. The largest absolute Gasteiger partial charge is 0.458 e. The van der Waals surface area contributed by atoms with Gasteiger partial charge in [0.2, 0.25) is 11.9 Å². The van der Waals surface area contributed by atoms with Crippen molar-refractivity contribution in [3.8, 4) is 6.01 Å². The second kappa shape index (κ2) is 9.65. The van der Waals surface area contributed by atoms with Gasteiger partial charge < -0.3 is 15.9 Å². The van der Waals surface area contributed by atoms with Gasteiger partial charge in [0.05, 0.1) is 16.7 Å². The molecule has 32 heavy (non-hydrogen) atoms. The van der Waals surface area contributed by atoms with Crippen LogP contribution in [0.4, 0.5) is 5.82 Å². The Morgan fingerprint density at radius 3 is 2.72 bits per heavy atom. The van der Waals surface area contributed by atoms with Crippen LogP contribution in [0.5, 0.6) is 6.01 Å². The molecule has 1 fully saturated rings. The molecular weight excluding hydrogens is 408 g/mol. The normalized spacial score (nSPS) is 15.0. The Hall–Kier alpha value is -3.66. The van der Waals surface area contributed by atoms with E-state index in [1.807, 2.05) is 36.4 Å². The summed E-state index contributed by atoms with van der Waals surface area (Å²) in [5.41, 5.74) is 2.12. The van der Waals surface area contributed by atoms with Crippen LogP contribution in [0, 0.1) is 5.92 Å². The van der Waals surface area contributed by atoms with Gasteiger partial charge in [-0.15, -0.1) is 5.10 Å². The maximum absolute atomic E-state index is 12.5. The summed E-state index contributed by atoms with van der Waals surface area (Å²) >= 11 is 0. The molecule has 1 aliphatic rings. The molecule has 4 rings (SSSR count). The quantitative estimate of drug-likeness (QED) is 0.242. The number of anilines is 1. The number of hydrogen-bond acceptors (Lipinski definition) is 7. The van der Waals surface area contributed by atoms with Gasteiger partial charge in [-0.05, 0) is 37.1 Å². The van der Waals surface area contributed by atoms with Gasteiger partial charge in [-0.2, -0.15) is 4.98 Å². The van der Waals surface area contributed by atoms with Gasteiger partial charge in [-0.1, -0.05) is 37.5 Å². The highest BCUT2D eigenvalue weighted by Gasteiger charge is 2.22. The van der Waals surface area contributed by atoms with Crippen LogP contribution >= 0.6 is 0 Å². The third-order valence-electron chi connectivity index (χ3n) is 5.54. The van der Waals surface area contributed by atoms with E-state index in [1.165, 1.54) is 11.4 Å². The first-order chi connectivity index (χ1) is 15.6. The predicted octanol–water partition coefficient (Wildman–Crippen LogP) is 2.41. The Kier molecular flexibility index (Phi) is 6.50. The van der Waals surface area contributed by atoms with Gasteiger partial charge in [0.1, 0.15) is 12.4 Å². The van der Waals surface area contributed by atoms with Crippen LogP contribution in [-0.4, -0.2) is 38.5 Å². The second-order valence-electron chi connectivity index (χ2n) is 7.89. The molecular formula is C22H28N8O2. The highest BCUT2D eigenvalue weighted by molar-refractivity contribution is 5.93. The number of aromatic nitrogens is 3. The fourth-order valence-electron chi connectivity index (χ4n) is 3.96. The molecule has 0 aliphatic heterocycles. The summed E-state index contributed by atoms with van der Waals surface area (Å²) in [5, 5.41) is 8.02. The SMILES string of the molecule is CN(N)/C(=N\N)n1c(OCc2cccc(NC(=O)C3CCCCC3)n2)nc2ccccc21. The molecule has 0 spiro atoms. The summed E-state index contributed by atoms with van der Waals surface area (Å²) in [6, 6.07) is 13.2. The summed E-state index contributed by atoms with van der Waals surface area (Å²) in [6.45, 7) is 0.141. The molecule has 1 saturated carbocycles. The maximum Gasteiger partial charge on any atom is 0.304 e. The predicted molar refractivity (Wildman–Crippen MR) is 122 cm³/mol. The van der Waals surface area contributed by atoms with Crippen molar-refractivity contribution in [3.63, 3.8) is 0 Å². The van der Waals surface area contributed by atoms with Crippen LogP contribution in [0.1, 0.15) is 37.8 Å². The average Bonchev–Trinajstić information content (AvgIpc) is 3.17. The molecule has 2 aromatic heterocycles. The third kappa shape index (κ3) is 4.65. The van der Waals surface area contributed by atoms with Gasteiger partial charge in [-0.3, -0.25) is 9.80 Å². The van der Waals surface area contributed by atoms with Crippen molar-refractivity contribution >= 4 is 28.7 Å². The van der Waals surface area contributed by atoms with Gasteiger partial charge in [-0.25, -0.2) is 15.4 Å². The number of hydrogen-bond donors (Lipinski definition) is 3. The minimum atomic E-state index is 0.0341. The molecule has 1 aromatic carbocycles. The van der Waals surface area contributed by atoms with Crippen molar-refractivity contribution in [2.24, 2.45) is 22.7 Å². The van der Waals surface area contributed by atoms with Crippen LogP contribution in [0.25, 0.3) is 11.0 Å². The molecule has 1 aliphatic carbocycles. The third-order valence-corrected chi connectivity index (χ3v) is 5.54. The Bertz CT molecular complexity index is 1120. The standard InChI is InChI=1S/C22H28N8O2/c1-29(24)21(28-23)30-18-12-6-5-11-17(18)26-22(30)32-14-16-10-7-13-19(25-16)27-20(31)15-8-3-2-4-9-15/h5-7,10-13,15H,2-4,8-9,14,23-24H2,1H3,(H,25,27,31)/b28-21+. The van der Waals surface area contributed by atoms with Crippen LogP contribution in [0.15, 0.2) is 47.6 Å². The number of hydrazone groups is 1. The van der Waals surface area contributed by atoms with Gasteiger partial charge in [0, 0.05) is 13.0 Å². The van der Waals surface area contributed by atoms with E-state index in [2.05, 4.69) is 20.4 Å². The lowest BCUT2D eigenvalue weighted by molar-refractivity contribution is -0.120. The van der Waals surface area contributed by atoms with E-state index in [-0.39, 0.29) is 30.4 Å². The van der Waals surface area contributed by atoms with Crippen molar-refractivity contribution in [2.45, 2.75) is 38.7 Å². The van der Waals surface area contributed by atoms with Crippen LogP contribution in [0.2, 0.25) is 0 Å². The monoisotopic (exact) mass is 436 g/mol. The van der Waals surface area contributed by atoms with Gasteiger partial charge in [0.25, 0.3) is 0 Å². The van der Waals surface area contributed by atoms with Crippen LogP contribution < -0.4 is 21.7 Å². The summed E-state index contributed by atoms with van der Waals surface area (Å²) < 4.78 is 7.62. The zero-order valence-electron chi connectivity index (χ0n) is 18.1. The first-order valence-corrected chi connectivity index (χ1v) is 10.7. The molecule has 5 N–H and O–H groups in total. The topological polar surface area (TPSA) is 137 Å². The minimum absolute atomic E-state index is 0.0341. The van der Waals surface area contributed by atoms with E-state index in [9.17, 15) is 4.79 Å². The Morgan fingerprint density at radius 1 is 1.19 bits per heavy atom. The average molecular weight is 437 g/mol. The van der Waals surface area contributed by atoms with E-state index in [4.69, 9.17) is 16.4 Å². The van der Waals surface area contributed by atoms with Crippen LogP contribution in [-0.2, 0) is 11.4 Å².